The number of anilines is 1. The van der Waals surface area contributed by atoms with E-state index in [4.69, 9.17) is 5.73 Å². The monoisotopic (exact) mass is 260 g/mol. The molecule has 0 bridgehead atoms. The largest absolute Gasteiger partial charge is 0.327 e. The summed E-state index contributed by atoms with van der Waals surface area (Å²) >= 11 is 0. The maximum absolute atomic E-state index is 12.7. The van der Waals surface area contributed by atoms with Crippen LogP contribution >= 0.6 is 0 Å². The molecule has 0 saturated carbocycles. The lowest BCUT2D eigenvalue weighted by atomic mass is 9.78. The molecule has 1 aliphatic heterocycles. The van der Waals surface area contributed by atoms with Crippen molar-refractivity contribution in [1.82, 2.24) is 0 Å². The Morgan fingerprint density at radius 1 is 1.42 bits per heavy atom. The number of aryl methyl sites for hydroxylation is 2. The maximum Gasteiger partial charge on any atom is 0.234 e. The Balaban J connectivity index is 2.46. The molecule has 0 aromatic heterocycles. The molecule has 1 heterocycles. The molecule has 2 N–H and O–H groups in total. The minimum atomic E-state index is -0.481. The molecule has 1 unspecified atom stereocenters. The van der Waals surface area contributed by atoms with Gasteiger partial charge in [-0.3, -0.25) is 4.79 Å². The van der Waals surface area contributed by atoms with Gasteiger partial charge in [-0.2, -0.15) is 0 Å². The average molecular weight is 260 g/mol. The van der Waals surface area contributed by atoms with Gasteiger partial charge in [-0.1, -0.05) is 25.1 Å². The Hall–Kier alpha value is -1.35. The number of para-hydroxylation sites is 1. The van der Waals surface area contributed by atoms with E-state index in [0.29, 0.717) is 0 Å². The highest BCUT2D eigenvalue weighted by atomic mass is 16.2. The first kappa shape index (κ1) is 14.1. The highest BCUT2D eigenvalue weighted by molar-refractivity contribution is 5.99. The van der Waals surface area contributed by atoms with Crippen LogP contribution in [0.5, 0.6) is 0 Å². The van der Waals surface area contributed by atoms with E-state index in [1.807, 2.05) is 18.7 Å². The lowest BCUT2D eigenvalue weighted by Crippen LogP contribution is -2.57. The van der Waals surface area contributed by atoms with Gasteiger partial charge in [0.15, 0.2) is 0 Å². The van der Waals surface area contributed by atoms with Gasteiger partial charge in [-0.15, -0.1) is 0 Å². The van der Waals surface area contributed by atoms with Crippen molar-refractivity contribution in [3.05, 3.63) is 29.3 Å². The van der Waals surface area contributed by atoms with Crippen LogP contribution in [-0.4, -0.2) is 18.5 Å². The Kier molecular flexibility index (Phi) is 3.68. The van der Waals surface area contributed by atoms with Crippen molar-refractivity contribution in [2.24, 2.45) is 11.1 Å². The molecule has 0 spiro atoms. The second-order valence-electron chi connectivity index (χ2n) is 6.01. The number of carbonyl (C=O) groups is 1. The van der Waals surface area contributed by atoms with Gasteiger partial charge in [-0.25, -0.2) is 0 Å². The van der Waals surface area contributed by atoms with Crippen LogP contribution in [0.25, 0.3) is 0 Å². The number of benzene rings is 1. The fourth-order valence-corrected chi connectivity index (χ4v) is 2.84. The van der Waals surface area contributed by atoms with E-state index in [9.17, 15) is 4.79 Å². The van der Waals surface area contributed by atoms with Crippen molar-refractivity contribution in [3.8, 4) is 0 Å². The van der Waals surface area contributed by atoms with Crippen molar-refractivity contribution in [1.29, 1.82) is 0 Å². The molecule has 0 radical (unpaired) electrons. The molecular weight excluding hydrogens is 236 g/mol. The van der Waals surface area contributed by atoms with Gasteiger partial charge < -0.3 is 10.6 Å². The van der Waals surface area contributed by atoms with Crippen LogP contribution in [-0.2, 0) is 11.2 Å². The van der Waals surface area contributed by atoms with Gasteiger partial charge in [-0.05, 0) is 44.7 Å². The van der Waals surface area contributed by atoms with Crippen molar-refractivity contribution < 1.29 is 4.79 Å². The first-order valence-electron chi connectivity index (χ1n) is 7.05. The van der Waals surface area contributed by atoms with Crippen LogP contribution in [0.15, 0.2) is 18.2 Å². The Labute approximate surface area is 115 Å². The zero-order chi connectivity index (χ0) is 14.2. The summed E-state index contributed by atoms with van der Waals surface area (Å²) in [5.41, 5.74) is 9.12. The summed E-state index contributed by atoms with van der Waals surface area (Å²) in [4.78, 5) is 14.7. The number of rotatable bonds is 2. The molecule has 1 aliphatic rings. The lowest BCUT2D eigenvalue weighted by molar-refractivity contribution is -0.129. The van der Waals surface area contributed by atoms with E-state index in [-0.39, 0.29) is 11.9 Å². The topological polar surface area (TPSA) is 46.3 Å². The smallest absolute Gasteiger partial charge is 0.234 e. The van der Waals surface area contributed by atoms with E-state index in [2.05, 4.69) is 32.0 Å². The fraction of sp³-hybridized carbons (Fsp3) is 0.562. The first-order chi connectivity index (χ1) is 8.89. The molecule has 3 nitrogen and oxygen atoms in total. The minimum absolute atomic E-state index is 0.0506. The number of amides is 1. The summed E-state index contributed by atoms with van der Waals surface area (Å²) in [5.74, 6) is 0.148. The SMILES string of the molecule is CCc1cccc(C)c1N1CCC(N)C(C)(C)C1=O. The predicted molar refractivity (Wildman–Crippen MR) is 79.3 cm³/mol. The predicted octanol–water partition coefficient (Wildman–Crippen LogP) is 2.65. The van der Waals surface area contributed by atoms with Crippen molar-refractivity contribution in [2.45, 2.75) is 46.6 Å². The third-order valence-corrected chi connectivity index (χ3v) is 4.36. The second kappa shape index (κ2) is 4.97. The normalized spacial score (nSPS) is 22.7. The number of piperidine rings is 1. The molecule has 1 aromatic rings. The average Bonchev–Trinajstić information content (AvgIpc) is 2.37. The van der Waals surface area contributed by atoms with Crippen LogP contribution in [0.2, 0.25) is 0 Å². The van der Waals surface area contributed by atoms with Crippen molar-refractivity contribution in [2.75, 3.05) is 11.4 Å². The molecule has 1 atom stereocenters. The van der Waals surface area contributed by atoms with E-state index >= 15 is 0 Å². The molecule has 1 fully saturated rings. The van der Waals surface area contributed by atoms with Crippen LogP contribution in [0, 0.1) is 12.3 Å². The van der Waals surface area contributed by atoms with Gasteiger partial charge in [0.05, 0.1) is 5.41 Å². The number of nitrogens with zero attached hydrogens (tertiary/aromatic N) is 1. The third kappa shape index (κ3) is 2.27. The molecule has 0 aliphatic carbocycles. The lowest BCUT2D eigenvalue weighted by Gasteiger charge is -2.42. The molecule has 3 heteroatoms. The molecule has 19 heavy (non-hydrogen) atoms. The number of hydrogen-bond donors (Lipinski definition) is 1. The van der Waals surface area contributed by atoms with Gasteiger partial charge in [0.2, 0.25) is 5.91 Å². The zero-order valence-corrected chi connectivity index (χ0v) is 12.4. The van der Waals surface area contributed by atoms with Crippen LogP contribution in [0.1, 0.15) is 38.3 Å². The molecule has 1 amide bonds. The zero-order valence-electron chi connectivity index (χ0n) is 12.4. The van der Waals surface area contributed by atoms with E-state index in [1.54, 1.807) is 0 Å². The third-order valence-electron chi connectivity index (χ3n) is 4.36. The number of hydrogen-bond acceptors (Lipinski definition) is 2. The van der Waals surface area contributed by atoms with Crippen LogP contribution in [0.3, 0.4) is 0 Å². The number of nitrogens with two attached hydrogens (primary N) is 1. The molecular formula is C16H24N2O. The summed E-state index contributed by atoms with van der Waals surface area (Å²) in [6.45, 7) is 8.83. The molecule has 1 saturated heterocycles. The fourth-order valence-electron chi connectivity index (χ4n) is 2.84. The Bertz CT molecular complexity index is 494. The van der Waals surface area contributed by atoms with Crippen LogP contribution < -0.4 is 10.6 Å². The number of carbonyl (C=O) groups excluding carboxylic acids is 1. The van der Waals surface area contributed by atoms with E-state index < -0.39 is 5.41 Å². The summed E-state index contributed by atoms with van der Waals surface area (Å²) in [5, 5.41) is 0. The Morgan fingerprint density at radius 3 is 2.74 bits per heavy atom. The minimum Gasteiger partial charge on any atom is -0.327 e. The highest BCUT2D eigenvalue weighted by Gasteiger charge is 2.42. The Morgan fingerprint density at radius 2 is 2.11 bits per heavy atom. The standard InChI is InChI=1S/C16H24N2O/c1-5-12-8-6-7-11(2)14(12)18-10-9-13(17)16(3,4)15(18)19/h6-8,13H,5,9-10,17H2,1-4H3. The van der Waals surface area contributed by atoms with Gasteiger partial charge in [0, 0.05) is 18.3 Å². The van der Waals surface area contributed by atoms with Crippen molar-refractivity contribution in [3.63, 3.8) is 0 Å². The van der Waals surface area contributed by atoms with Gasteiger partial charge in [0.1, 0.15) is 0 Å². The first-order valence-corrected chi connectivity index (χ1v) is 7.05. The van der Waals surface area contributed by atoms with Crippen LogP contribution in [0.4, 0.5) is 5.69 Å². The highest BCUT2D eigenvalue weighted by Crippen LogP contribution is 2.35. The summed E-state index contributed by atoms with van der Waals surface area (Å²) in [6, 6.07) is 6.19. The summed E-state index contributed by atoms with van der Waals surface area (Å²) < 4.78 is 0. The second-order valence-corrected chi connectivity index (χ2v) is 6.01. The van der Waals surface area contributed by atoms with E-state index in [1.165, 1.54) is 11.1 Å². The maximum atomic E-state index is 12.7. The summed E-state index contributed by atoms with van der Waals surface area (Å²) in [7, 11) is 0. The molecule has 1 aromatic carbocycles. The quantitative estimate of drug-likeness (QED) is 0.888. The van der Waals surface area contributed by atoms with Crippen molar-refractivity contribution >= 4 is 11.6 Å². The van der Waals surface area contributed by atoms with Gasteiger partial charge in [0.25, 0.3) is 0 Å². The molecule has 2 rings (SSSR count). The summed E-state index contributed by atoms with van der Waals surface area (Å²) in [6.07, 6.45) is 1.80. The molecule has 104 valence electrons. The van der Waals surface area contributed by atoms with E-state index in [0.717, 1.165) is 25.1 Å². The van der Waals surface area contributed by atoms with Gasteiger partial charge >= 0.3 is 0 Å².